The highest BCUT2D eigenvalue weighted by molar-refractivity contribution is 8.18. The third kappa shape index (κ3) is 4.38. The molecule has 170 valence electrons. The number of aliphatic imine (C=N–C) groups is 1. The number of nitrogens with zero attached hydrogens (tertiary/aromatic N) is 2. The van der Waals surface area contributed by atoms with Crippen LogP contribution in [0.25, 0.3) is 17.0 Å². The molecule has 0 unspecified atom stereocenters. The number of fused-ring (bicyclic) bond motifs is 1. The minimum Gasteiger partial charge on any atom is -0.463 e. The first-order valence-corrected chi connectivity index (χ1v) is 11.1. The topological polar surface area (TPSA) is 85.8 Å². The summed E-state index contributed by atoms with van der Waals surface area (Å²) in [4.78, 5) is 29.1. The lowest BCUT2D eigenvalue weighted by Crippen LogP contribution is -2.19. The molecule has 7 nitrogen and oxygen atoms in total. The van der Waals surface area contributed by atoms with Crippen molar-refractivity contribution in [1.82, 2.24) is 9.88 Å². The molecule has 1 aliphatic rings. The molecular formula is C25H18FN3O4S. The van der Waals surface area contributed by atoms with Crippen LogP contribution >= 0.6 is 11.8 Å². The standard InChI is InChI=1S/C25H18FN3O4S/c1-32-24(31)21-11-10-18(33-21)14-29-13-15(19-4-2-3-5-20(19)29)12-22-23(30)28-25(34-22)27-17-8-6-16(26)7-9-17/h2-13H,14H2,1H3,(H,27,28,30)/b22-12-. The zero-order valence-corrected chi connectivity index (χ0v) is 18.8. The molecule has 4 aromatic rings. The Morgan fingerprint density at radius 2 is 1.97 bits per heavy atom. The van der Waals surface area contributed by atoms with E-state index >= 15 is 0 Å². The number of amides is 1. The predicted octanol–water partition coefficient (Wildman–Crippen LogP) is 5.10. The van der Waals surface area contributed by atoms with Gasteiger partial charge in [-0.25, -0.2) is 14.2 Å². The molecule has 0 radical (unpaired) electrons. The number of hydrogen-bond acceptors (Lipinski definition) is 6. The summed E-state index contributed by atoms with van der Waals surface area (Å²) in [6, 6.07) is 16.9. The van der Waals surface area contributed by atoms with E-state index in [1.165, 1.54) is 31.0 Å². The van der Waals surface area contributed by atoms with Gasteiger partial charge in [-0.3, -0.25) is 4.79 Å². The number of para-hydroxylation sites is 1. The number of thioether (sulfide) groups is 1. The van der Waals surface area contributed by atoms with Gasteiger partial charge in [-0.1, -0.05) is 18.2 Å². The van der Waals surface area contributed by atoms with Crippen LogP contribution in [0.15, 0.2) is 81.2 Å². The number of esters is 1. The van der Waals surface area contributed by atoms with Gasteiger partial charge in [0.25, 0.3) is 5.91 Å². The van der Waals surface area contributed by atoms with E-state index in [1.807, 2.05) is 41.1 Å². The van der Waals surface area contributed by atoms with Gasteiger partial charge in [-0.2, -0.15) is 0 Å². The average molecular weight is 476 g/mol. The summed E-state index contributed by atoms with van der Waals surface area (Å²) in [6.07, 6.45) is 3.75. The second-order valence-electron chi connectivity index (χ2n) is 7.45. The normalized spacial score (nSPS) is 15.9. The molecule has 1 fully saturated rings. The number of aromatic nitrogens is 1. The molecule has 1 aliphatic heterocycles. The summed E-state index contributed by atoms with van der Waals surface area (Å²) < 4.78 is 25.4. The molecule has 2 aromatic carbocycles. The second-order valence-corrected chi connectivity index (χ2v) is 8.48. The molecule has 0 saturated carbocycles. The number of halogens is 1. The van der Waals surface area contributed by atoms with Crippen molar-refractivity contribution in [2.24, 2.45) is 4.99 Å². The van der Waals surface area contributed by atoms with E-state index in [-0.39, 0.29) is 17.5 Å². The number of carbonyl (C=O) groups is 2. The molecule has 5 rings (SSSR count). The van der Waals surface area contributed by atoms with Crippen LogP contribution in [0.4, 0.5) is 10.1 Å². The highest BCUT2D eigenvalue weighted by atomic mass is 32.2. The van der Waals surface area contributed by atoms with Gasteiger partial charge in [0.05, 0.1) is 24.2 Å². The van der Waals surface area contributed by atoms with Crippen molar-refractivity contribution in [2.75, 3.05) is 7.11 Å². The van der Waals surface area contributed by atoms with Crippen molar-refractivity contribution in [1.29, 1.82) is 0 Å². The first-order valence-electron chi connectivity index (χ1n) is 10.3. The maximum Gasteiger partial charge on any atom is 0.373 e. The summed E-state index contributed by atoms with van der Waals surface area (Å²) in [5, 5.41) is 4.14. The molecule has 3 heterocycles. The van der Waals surface area contributed by atoms with E-state index in [0.717, 1.165) is 16.5 Å². The summed E-state index contributed by atoms with van der Waals surface area (Å²) in [7, 11) is 1.30. The molecule has 0 atom stereocenters. The van der Waals surface area contributed by atoms with Crippen LogP contribution in [-0.2, 0) is 16.1 Å². The Morgan fingerprint density at radius 3 is 2.76 bits per heavy atom. The van der Waals surface area contributed by atoms with Gasteiger partial charge in [0, 0.05) is 22.7 Å². The Labute approximate surface area is 197 Å². The van der Waals surface area contributed by atoms with Crippen LogP contribution in [0, 0.1) is 5.82 Å². The van der Waals surface area contributed by atoms with Crippen LogP contribution < -0.4 is 5.32 Å². The predicted molar refractivity (Wildman–Crippen MR) is 128 cm³/mol. The number of nitrogens with one attached hydrogen (secondary N) is 1. The Morgan fingerprint density at radius 1 is 1.18 bits per heavy atom. The quantitative estimate of drug-likeness (QED) is 0.321. The highest BCUT2D eigenvalue weighted by Gasteiger charge is 2.24. The lowest BCUT2D eigenvalue weighted by atomic mass is 10.1. The lowest BCUT2D eigenvalue weighted by molar-refractivity contribution is -0.115. The van der Waals surface area contributed by atoms with Crippen molar-refractivity contribution < 1.29 is 23.1 Å². The Kier molecular flexibility index (Phi) is 5.77. The first-order chi connectivity index (χ1) is 16.5. The highest BCUT2D eigenvalue weighted by Crippen LogP contribution is 2.31. The van der Waals surface area contributed by atoms with E-state index in [1.54, 1.807) is 24.3 Å². The Bertz CT molecular complexity index is 1470. The molecule has 2 aromatic heterocycles. The zero-order chi connectivity index (χ0) is 23.7. The molecule has 1 saturated heterocycles. The second kappa shape index (κ2) is 9.03. The summed E-state index contributed by atoms with van der Waals surface area (Å²) >= 11 is 1.22. The number of rotatable bonds is 5. The monoisotopic (exact) mass is 475 g/mol. The fraction of sp³-hybridized carbons (Fsp3) is 0.0800. The molecule has 0 bridgehead atoms. The number of hydrogen-bond donors (Lipinski definition) is 1. The van der Waals surface area contributed by atoms with Crippen LogP contribution in [0.5, 0.6) is 0 Å². The van der Waals surface area contributed by atoms with Crippen LogP contribution in [0.1, 0.15) is 21.9 Å². The number of carbonyl (C=O) groups excluding carboxylic acids is 2. The Hall–Kier alpha value is -4.11. The number of ether oxygens (including phenoxy) is 1. The van der Waals surface area contributed by atoms with Gasteiger partial charge in [-0.05, 0) is 60.3 Å². The van der Waals surface area contributed by atoms with Crippen LogP contribution in [0.3, 0.4) is 0 Å². The van der Waals surface area contributed by atoms with Crippen molar-refractivity contribution in [3.05, 3.63) is 94.7 Å². The zero-order valence-electron chi connectivity index (χ0n) is 17.9. The minimum atomic E-state index is -0.531. The van der Waals surface area contributed by atoms with Gasteiger partial charge in [-0.15, -0.1) is 0 Å². The van der Waals surface area contributed by atoms with Gasteiger partial charge in [0.15, 0.2) is 5.17 Å². The van der Waals surface area contributed by atoms with Crippen molar-refractivity contribution in [3.63, 3.8) is 0 Å². The smallest absolute Gasteiger partial charge is 0.373 e. The Balaban J connectivity index is 1.44. The van der Waals surface area contributed by atoms with E-state index in [4.69, 9.17) is 9.15 Å². The largest absolute Gasteiger partial charge is 0.463 e. The van der Waals surface area contributed by atoms with Gasteiger partial charge < -0.3 is 19.0 Å². The number of methoxy groups -OCH3 is 1. The number of amidine groups is 1. The van der Waals surface area contributed by atoms with Crippen molar-refractivity contribution >= 4 is 51.5 Å². The van der Waals surface area contributed by atoms with Crippen LogP contribution in [0.2, 0.25) is 0 Å². The van der Waals surface area contributed by atoms with Crippen molar-refractivity contribution in [2.45, 2.75) is 6.54 Å². The molecule has 0 spiro atoms. The fourth-order valence-corrected chi connectivity index (χ4v) is 4.45. The molecular weight excluding hydrogens is 457 g/mol. The summed E-state index contributed by atoms with van der Waals surface area (Å²) in [5.74, 6) is -0.390. The van der Waals surface area contributed by atoms with Crippen LogP contribution in [-0.4, -0.2) is 28.7 Å². The average Bonchev–Trinajstić information content (AvgIpc) is 3.54. The molecule has 1 N–H and O–H groups in total. The minimum absolute atomic E-state index is 0.142. The SMILES string of the molecule is COC(=O)c1ccc(Cn2cc(/C=C3\SC(=Nc4ccc(F)cc4)NC3=O)c3ccccc32)o1. The maximum atomic E-state index is 13.1. The van der Waals surface area contributed by atoms with Gasteiger partial charge in [0.2, 0.25) is 5.76 Å². The van der Waals surface area contributed by atoms with E-state index in [9.17, 15) is 14.0 Å². The first kappa shape index (κ1) is 21.7. The van der Waals surface area contributed by atoms with E-state index in [2.05, 4.69) is 10.3 Å². The summed E-state index contributed by atoms with van der Waals surface area (Å²) in [6.45, 7) is 0.400. The van der Waals surface area contributed by atoms with Crippen molar-refractivity contribution in [3.8, 4) is 0 Å². The maximum absolute atomic E-state index is 13.1. The fourth-order valence-electron chi connectivity index (χ4n) is 3.62. The lowest BCUT2D eigenvalue weighted by Gasteiger charge is -2.02. The molecule has 9 heteroatoms. The molecule has 34 heavy (non-hydrogen) atoms. The molecule has 1 amide bonds. The number of benzene rings is 2. The third-order valence-corrected chi connectivity index (χ3v) is 6.10. The third-order valence-electron chi connectivity index (χ3n) is 5.19. The van der Waals surface area contributed by atoms with E-state index < -0.39 is 5.97 Å². The number of furan rings is 1. The van der Waals surface area contributed by atoms with Gasteiger partial charge >= 0.3 is 5.97 Å². The summed E-state index contributed by atoms with van der Waals surface area (Å²) in [5.41, 5.74) is 2.36. The van der Waals surface area contributed by atoms with E-state index in [0.29, 0.717) is 28.1 Å². The van der Waals surface area contributed by atoms with Gasteiger partial charge in [0.1, 0.15) is 11.6 Å². The molecule has 0 aliphatic carbocycles.